The van der Waals surface area contributed by atoms with Gasteiger partial charge in [0.2, 0.25) is 0 Å². The summed E-state index contributed by atoms with van der Waals surface area (Å²) in [6.07, 6.45) is 0. The minimum Gasteiger partial charge on any atom is -0.422 e. The Morgan fingerprint density at radius 3 is 2.47 bits per heavy atom. The van der Waals surface area contributed by atoms with Crippen LogP contribution in [-0.4, -0.2) is 11.0 Å². The van der Waals surface area contributed by atoms with Crippen molar-refractivity contribution < 1.29 is 9.53 Å². The van der Waals surface area contributed by atoms with Crippen LogP contribution in [0, 0.1) is 6.92 Å². The highest BCUT2D eigenvalue weighted by atomic mass is 16.5. The fourth-order valence-electron chi connectivity index (χ4n) is 1.32. The maximum atomic E-state index is 11.7. The van der Waals surface area contributed by atoms with Crippen molar-refractivity contribution in [3.63, 3.8) is 0 Å². The van der Waals surface area contributed by atoms with Gasteiger partial charge in [0.05, 0.1) is 0 Å². The lowest BCUT2D eigenvalue weighted by Gasteiger charge is -2.03. The van der Waals surface area contributed by atoms with Crippen LogP contribution in [0.2, 0.25) is 0 Å². The van der Waals surface area contributed by atoms with Crippen molar-refractivity contribution in [2.45, 2.75) is 6.92 Å². The Labute approximate surface area is 97.9 Å². The van der Waals surface area contributed by atoms with Gasteiger partial charge in [-0.2, -0.15) is 0 Å². The molecule has 0 aliphatic heterocycles. The molecule has 0 spiro atoms. The first-order valence-electron chi connectivity index (χ1n) is 5.14. The van der Waals surface area contributed by atoms with Crippen molar-refractivity contribution in [3.05, 3.63) is 64.1 Å². The number of aryl methyl sites for hydroxylation is 1. The molecule has 0 atom stereocenters. The van der Waals surface area contributed by atoms with Crippen molar-refractivity contribution in [3.8, 4) is 5.75 Å². The minimum atomic E-state index is -0.576. The molecular formula is C13H11NO3. The number of carbonyl (C=O) groups excluding carboxylic acids is 1. The van der Waals surface area contributed by atoms with Gasteiger partial charge in [-0.15, -0.1) is 0 Å². The first kappa shape index (κ1) is 11.1. The monoisotopic (exact) mass is 229 g/mol. The quantitative estimate of drug-likeness (QED) is 0.632. The molecular weight excluding hydrogens is 218 g/mol. The third-order valence-corrected chi connectivity index (χ3v) is 2.28. The Hall–Kier alpha value is -2.36. The third-order valence-electron chi connectivity index (χ3n) is 2.28. The highest BCUT2D eigenvalue weighted by molar-refractivity contribution is 5.88. The highest BCUT2D eigenvalue weighted by Gasteiger charge is 2.09. The SMILES string of the molecule is Cc1ccc(C(=O)Oc2ccccc2)[nH]c1=O. The Bertz CT molecular complexity index is 587. The fourth-order valence-corrected chi connectivity index (χ4v) is 1.32. The number of para-hydroxylation sites is 1. The number of esters is 1. The molecule has 2 rings (SSSR count). The fraction of sp³-hybridized carbons (Fsp3) is 0.0769. The van der Waals surface area contributed by atoms with E-state index < -0.39 is 5.97 Å². The first-order valence-corrected chi connectivity index (χ1v) is 5.14. The van der Waals surface area contributed by atoms with E-state index in [1.165, 1.54) is 6.07 Å². The predicted octanol–water partition coefficient (Wildman–Crippen LogP) is 1.90. The molecule has 4 heteroatoms. The second-order valence-electron chi connectivity index (χ2n) is 3.59. The first-order chi connectivity index (χ1) is 8.16. The lowest BCUT2D eigenvalue weighted by molar-refractivity contribution is 0.0728. The standard InChI is InChI=1S/C13H11NO3/c1-9-7-8-11(14-12(9)15)13(16)17-10-5-3-2-4-6-10/h2-8H,1H3,(H,14,15). The number of rotatable bonds is 2. The van der Waals surface area contributed by atoms with Gasteiger partial charge in [-0.3, -0.25) is 4.79 Å². The lowest BCUT2D eigenvalue weighted by Crippen LogP contribution is -2.18. The van der Waals surface area contributed by atoms with Gasteiger partial charge in [-0.1, -0.05) is 24.3 Å². The van der Waals surface area contributed by atoms with E-state index in [9.17, 15) is 9.59 Å². The summed E-state index contributed by atoms with van der Waals surface area (Å²) in [5, 5.41) is 0. The largest absolute Gasteiger partial charge is 0.422 e. The van der Waals surface area contributed by atoms with Crippen LogP contribution in [0.5, 0.6) is 5.75 Å². The number of hydrogen-bond donors (Lipinski definition) is 1. The maximum absolute atomic E-state index is 11.7. The Balaban J connectivity index is 2.21. The highest BCUT2D eigenvalue weighted by Crippen LogP contribution is 2.10. The van der Waals surface area contributed by atoms with Gasteiger partial charge in [-0.05, 0) is 25.1 Å². The van der Waals surface area contributed by atoms with E-state index in [-0.39, 0.29) is 11.3 Å². The van der Waals surface area contributed by atoms with Crippen LogP contribution in [0.25, 0.3) is 0 Å². The maximum Gasteiger partial charge on any atom is 0.360 e. The normalized spacial score (nSPS) is 9.94. The molecule has 0 unspecified atom stereocenters. The number of pyridine rings is 1. The molecule has 0 aliphatic rings. The van der Waals surface area contributed by atoms with Crippen LogP contribution in [-0.2, 0) is 0 Å². The van der Waals surface area contributed by atoms with Crippen molar-refractivity contribution in [2.75, 3.05) is 0 Å². The zero-order chi connectivity index (χ0) is 12.3. The zero-order valence-corrected chi connectivity index (χ0v) is 9.27. The molecule has 0 saturated carbocycles. The lowest BCUT2D eigenvalue weighted by atomic mass is 10.2. The number of carbonyl (C=O) groups is 1. The molecule has 2 aromatic rings. The molecule has 0 amide bonds. The molecule has 0 radical (unpaired) electrons. The van der Waals surface area contributed by atoms with Crippen molar-refractivity contribution in [2.24, 2.45) is 0 Å². The Kier molecular flexibility index (Phi) is 3.05. The number of aromatic amines is 1. The van der Waals surface area contributed by atoms with Crippen LogP contribution >= 0.6 is 0 Å². The minimum absolute atomic E-state index is 0.143. The Morgan fingerprint density at radius 1 is 1.12 bits per heavy atom. The van der Waals surface area contributed by atoms with Crippen molar-refractivity contribution in [1.82, 2.24) is 4.98 Å². The van der Waals surface area contributed by atoms with Gasteiger partial charge in [0, 0.05) is 5.56 Å². The summed E-state index contributed by atoms with van der Waals surface area (Å²) in [5.74, 6) is -0.132. The molecule has 0 aliphatic carbocycles. The third kappa shape index (κ3) is 2.60. The molecule has 0 fully saturated rings. The summed E-state index contributed by atoms with van der Waals surface area (Å²) in [4.78, 5) is 25.5. The van der Waals surface area contributed by atoms with E-state index in [2.05, 4.69) is 4.98 Å². The number of hydrogen-bond acceptors (Lipinski definition) is 3. The van der Waals surface area contributed by atoms with Gasteiger partial charge in [0.15, 0.2) is 0 Å². The summed E-state index contributed by atoms with van der Waals surface area (Å²) < 4.78 is 5.09. The van der Waals surface area contributed by atoms with Gasteiger partial charge in [0.25, 0.3) is 5.56 Å². The second-order valence-corrected chi connectivity index (χ2v) is 3.59. The molecule has 86 valence electrons. The van der Waals surface area contributed by atoms with Crippen molar-refractivity contribution in [1.29, 1.82) is 0 Å². The molecule has 4 nitrogen and oxygen atoms in total. The molecule has 1 aromatic carbocycles. The molecule has 17 heavy (non-hydrogen) atoms. The zero-order valence-electron chi connectivity index (χ0n) is 9.27. The number of H-pyrrole nitrogens is 1. The van der Waals surface area contributed by atoms with E-state index in [0.29, 0.717) is 11.3 Å². The molecule has 1 N–H and O–H groups in total. The Morgan fingerprint density at radius 2 is 1.82 bits per heavy atom. The van der Waals surface area contributed by atoms with Crippen LogP contribution in [0.3, 0.4) is 0 Å². The van der Waals surface area contributed by atoms with E-state index in [1.807, 2.05) is 6.07 Å². The van der Waals surface area contributed by atoms with Gasteiger partial charge in [-0.25, -0.2) is 4.79 Å². The number of nitrogens with one attached hydrogen (secondary N) is 1. The van der Waals surface area contributed by atoms with Crippen LogP contribution in [0.4, 0.5) is 0 Å². The molecule has 0 saturated heterocycles. The van der Waals surface area contributed by atoms with E-state index in [1.54, 1.807) is 37.3 Å². The molecule has 0 bridgehead atoms. The van der Waals surface area contributed by atoms with E-state index in [0.717, 1.165) is 0 Å². The summed E-state index contributed by atoms with van der Waals surface area (Å²) in [6, 6.07) is 11.8. The van der Waals surface area contributed by atoms with Gasteiger partial charge >= 0.3 is 5.97 Å². The second kappa shape index (κ2) is 4.65. The number of ether oxygens (including phenoxy) is 1. The van der Waals surface area contributed by atoms with Crippen LogP contribution in [0.15, 0.2) is 47.3 Å². The van der Waals surface area contributed by atoms with Crippen molar-refractivity contribution >= 4 is 5.97 Å². The topological polar surface area (TPSA) is 59.2 Å². The summed E-state index contributed by atoms with van der Waals surface area (Å²) >= 11 is 0. The number of benzene rings is 1. The van der Waals surface area contributed by atoms with Crippen LogP contribution in [0.1, 0.15) is 16.1 Å². The van der Waals surface area contributed by atoms with Gasteiger partial charge in [0.1, 0.15) is 11.4 Å². The summed E-state index contributed by atoms with van der Waals surface area (Å²) in [6.45, 7) is 1.67. The molecule has 1 heterocycles. The average Bonchev–Trinajstić information content (AvgIpc) is 2.34. The summed E-state index contributed by atoms with van der Waals surface area (Å²) in [7, 11) is 0. The number of aromatic nitrogens is 1. The predicted molar refractivity (Wildman–Crippen MR) is 63.2 cm³/mol. The van der Waals surface area contributed by atoms with Gasteiger partial charge < -0.3 is 9.72 Å². The smallest absolute Gasteiger partial charge is 0.360 e. The van der Waals surface area contributed by atoms with Crippen LogP contribution < -0.4 is 10.3 Å². The molecule has 1 aromatic heterocycles. The van der Waals surface area contributed by atoms with E-state index >= 15 is 0 Å². The summed E-state index contributed by atoms with van der Waals surface area (Å²) in [5.41, 5.74) is 0.415. The average molecular weight is 229 g/mol. The van der Waals surface area contributed by atoms with E-state index in [4.69, 9.17) is 4.74 Å².